The third-order valence-corrected chi connectivity index (χ3v) is 4.82. The highest BCUT2D eigenvalue weighted by molar-refractivity contribution is 7.99. The molecule has 148 valence electrons. The monoisotopic (exact) mass is 419 g/mol. The number of hydrogen-bond acceptors (Lipinski definition) is 6. The van der Waals surface area contributed by atoms with Crippen molar-refractivity contribution in [3.63, 3.8) is 0 Å². The molecule has 4 aromatic rings. The lowest BCUT2D eigenvalue weighted by Gasteiger charge is -2.14. The molecule has 4 rings (SSSR count). The number of amides is 1. The summed E-state index contributed by atoms with van der Waals surface area (Å²) < 4.78 is 42.3. The first-order valence-electron chi connectivity index (χ1n) is 8.20. The highest BCUT2D eigenvalue weighted by Gasteiger charge is 2.31. The van der Waals surface area contributed by atoms with Gasteiger partial charge in [0.25, 0.3) is 0 Å². The molecule has 0 unspecified atom stereocenters. The molecule has 3 heterocycles. The first-order valence-corrected chi connectivity index (χ1v) is 9.19. The second-order valence-electron chi connectivity index (χ2n) is 5.82. The van der Waals surface area contributed by atoms with Gasteiger partial charge >= 0.3 is 6.18 Å². The predicted octanol–water partition coefficient (Wildman–Crippen LogP) is 3.06. The average Bonchev–Trinajstić information content (AvgIpc) is 3.36. The molecular weight excluding hydrogens is 407 g/mol. The molecule has 29 heavy (non-hydrogen) atoms. The van der Waals surface area contributed by atoms with Gasteiger partial charge in [-0.15, -0.1) is 10.2 Å². The van der Waals surface area contributed by atoms with E-state index in [4.69, 9.17) is 0 Å². The smallest absolute Gasteiger partial charge is 0.323 e. The Hall–Kier alpha value is -3.41. The molecule has 0 saturated carbocycles. The number of carbonyl (C=O) groups excluding carboxylic acids is 1. The van der Waals surface area contributed by atoms with Crippen LogP contribution in [0.5, 0.6) is 0 Å². The van der Waals surface area contributed by atoms with Crippen LogP contribution in [-0.4, -0.2) is 41.0 Å². The van der Waals surface area contributed by atoms with E-state index in [0.29, 0.717) is 10.8 Å². The van der Waals surface area contributed by atoms with Crippen LogP contribution in [0.25, 0.3) is 11.3 Å². The summed E-state index contributed by atoms with van der Waals surface area (Å²) >= 11 is 1.12. The van der Waals surface area contributed by atoms with Gasteiger partial charge in [-0.05, 0) is 30.3 Å². The molecular formula is C17H12F3N7OS. The van der Waals surface area contributed by atoms with E-state index in [2.05, 4.69) is 25.6 Å². The number of anilines is 1. The molecule has 3 aromatic heterocycles. The summed E-state index contributed by atoms with van der Waals surface area (Å²) in [4.78, 5) is 16.2. The molecule has 0 atom stereocenters. The molecule has 0 saturated heterocycles. The van der Waals surface area contributed by atoms with E-state index in [1.807, 2.05) is 6.07 Å². The number of fused-ring (bicyclic) bond motifs is 1. The number of pyridine rings is 1. The van der Waals surface area contributed by atoms with Crippen LogP contribution in [0.4, 0.5) is 18.9 Å². The van der Waals surface area contributed by atoms with Crippen molar-refractivity contribution in [3.05, 3.63) is 60.8 Å². The van der Waals surface area contributed by atoms with Gasteiger partial charge in [0.2, 0.25) is 5.91 Å². The molecule has 0 aliphatic rings. The predicted molar refractivity (Wildman–Crippen MR) is 98.7 cm³/mol. The maximum atomic E-state index is 13.1. The van der Waals surface area contributed by atoms with Crippen molar-refractivity contribution in [1.82, 2.24) is 29.4 Å². The largest absolute Gasteiger partial charge is 0.416 e. The van der Waals surface area contributed by atoms with Gasteiger partial charge in [-0.3, -0.25) is 9.20 Å². The van der Waals surface area contributed by atoms with Crippen LogP contribution in [0.15, 0.2) is 60.4 Å². The molecule has 0 aliphatic heterocycles. The fourth-order valence-corrected chi connectivity index (χ4v) is 3.30. The van der Waals surface area contributed by atoms with Gasteiger partial charge in [-0.1, -0.05) is 17.8 Å². The Kier molecular flexibility index (Phi) is 4.92. The second kappa shape index (κ2) is 7.54. The van der Waals surface area contributed by atoms with E-state index in [1.54, 1.807) is 22.7 Å². The zero-order valence-corrected chi connectivity index (χ0v) is 15.4. The first-order chi connectivity index (χ1) is 13.9. The number of nitrogens with one attached hydrogen (secondary N) is 1. The summed E-state index contributed by atoms with van der Waals surface area (Å²) in [6, 6.07) is 8.39. The molecule has 1 amide bonds. The fraction of sp³-hybridized carbons (Fsp3) is 0.118. The second-order valence-corrected chi connectivity index (χ2v) is 6.76. The minimum atomic E-state index is -4.55. The fourth-order valence-electron chi connectivity index (χ4n) is 2.58. The summed E-state index contributed by atoms with van der Waals surface area (Å²) in [5.74, 6) is -0.564. The van der Waals surface area contributed by atoms with Gasteiger partial charge in [-0.2, -0.15) is 18.3 Å². The van der Waals surface area contributed by atoms with E-state index in [9.17, 15) is 18.0 Å². The Bertz CT molecular complexity index is 1160. The van der Waals surface area contributed by atoms with Crippen LogP contribution in [0.3, 0.4) is 0 Å². The number of alkyl halides is 3. The lowest BCUT2D eigenvalue weighted by Crippen LogP contribution is -2.17. The molecule has 1 aromatic carbocycles. The SMILES string of the molecule is O=C(CSc1nnc2ccccn12)Nc1cc(C(F)(F)F)ccc1-n1cncn1. The molecule has 0 fully saturated rings. The summed E-state index contributed by atoms with van der Waals surface area (Å²) in [5, 5.41) is 14.9. The Labute approximate surface area is 165 Å². The highest BCUT2D eigenvalue weighted by Crippen LogP contribution is 2.33. The van der Waals surface area contributed by atoms with Crippen molar-refractivity contribution < 1.29 is 18.0 Å². The standard InChI is InChI=1S/C17H12F3N7OS/c18-17(19,20)11-4-5-13(27-10-21-9-22-27)12(7-11)23-15(28)8-29-16-25-24-14-3-1-2-6-26(14)16/h1-7,9-10H,8H2,(H,23,28). The van der Waals surface area contributed by atoms with Gasteiger partial charge in [0, 0.05) is 6.20 Å². The van der Waals surface area contributed by atoms with E-state index in [1.165, 1.54) is 23.4 Å². The van der Waals surface area contributed by atoms with Crippen LogP contribution < -0.4 is 5.32 Å². The molecule has 0 radical (unpaired) electrons. The number of thioether (sulfide) groups is 1. The molecule has 1 N–H and O–H groups in total. The Morgan fingerprint density at radius 3 is 2.79 bits per heavy atom. The number of rotatable bonds is 5. The lowest BCUT2D eigenvalue weighted by molar-refractivity contribution is -0.137. The lowest BCUT2D eigenvalue weighted by atomic mass is 10.1. The first kappa shape index (κ1) is 18.9. The van der Waals surface area contributed by atoms with Crippen molar-refractivity contribution in [1.29, 1.82) is 0 Å². The van der Waals surface area contributed by atoms with Gasteiger partial charge in [0.15, 0.2) is 10.8 Å². The molecule has 12 heteroatoms. The average molecular weight is 419 g/mol. The molecule has 0 spiro atoms. The van der Waals surface area contributed by atoms with Crippen LogP contribution in [0.1, 0.15) is 5.56 Å². The maximum absolute atomic E-state index is 13.1. The normalized spacial score (nSPS) is 11.7. The zero-order chi connectivity index (χ0) is 20.4. The van der Waals surface area contributed by atoms with Crippen molar-refractivity contribution >= 4 is 29.0 Å². The summed E-state index contributed by atoms with van der Waals surface area (Å²) in [7, 11) is 0. The Balaban J connectivity index is 1.55. The molecule has 8 nitrogen and oxygen atoms in total. The van der Waals surface area contributed by atoms with E-state index >= 15 is 0 Å². The van der Waals surface area contributed by atoms with Gasteiger partial charge < -0.3 is 5.32 Å². The van der Waals surface area contributed by atoms with E-state index in [0.717, 1.165) is 23.9 Å². The topological polar surface area (TPSA) is 90.0 Å². The Morgan fingerprint density at radius 1 is 1.17 bits per heavy atom. The van der Waals surface area contributed by atoms with Crippen molar-refractivity contribution in [2.24, 2.45) is 0 Å². The number of carbonyl (C=O) groups is 1. The quantitative estimate of drug-likeness (QED) is 0.500. The van der Waals surface area contributed by atoms with Gasteiger partial charge in [0.1, 0.15) is 12.7 Å². The van der Waals surface area contributed by atoms with Crippen LogP contribution >= 0.6 is 11.8 Å². The number of nitrogens with zero attached hydrogens (tertiary/aromatic N) is 6. The minimum absolute atomic E-state index is 0.0259. The van der Waals surface area contributed by atoms with Crippen LogP contribution in [0, 0.1) is 0 Å². The molecule has 0 bridgehead atoms. The van der Waals surface area contributed by atoms with Gasteiger partial charge in [0.05, 0.1) is 22.7 Å². The van der Waals surface area contributed by atoms with E-state index < -0.39 is 17.6 Å². The summed E-state index contributed by atoms with van der Waals surface area (Å²) in [6.07, 6.45) is -0.217. The number of halogens is 3. The summed E-state index contributed by atoms with van der Waals surface area (Å²) in [5.41, 5.74) is -0.0154. The number of benzene rings is 1. The highest BCUT2D eigenvalue weighted by atomic mass is 32.2. The Morgan fingerprint density at radius 2 is 2.03 bits per heavy atom. The number of aromatic nitrogens is 6. The zero-order valence-electron chi connectivity index (χ0n) is 14.5. The third kappa shape index (κ3) is 4.06. The van der Waals surface area contributed by atoms with Gasteiger partial charge in [-0.25, -0.2) is 9.67 Å². The minimum Gasteiger partial charge on any atom is -0.323 e. The van der Waals surface area contributed by atoms with Crippen molar-refractivity contribution in [2.45, 2.75) is 11.3 Å². The molecule has 0 aliphatic carbocycles. The van der Waals surface area contributed by atoms with Crippen LogP contribution in [-0.2, 0) is 11.0 Å². The van der Waals surface area contributed by atoms with E-state index in [-0.39, 0.29) is 17.1 Å². The maximum Gasteiger partial charge on any atom is 0.416 e. The van der Waals surface area contributed by atoms with Crippen molar-refractivity contribution in [3.8, 4) is 5.69 Å². The summed E-state index contributed by atoms with van der Waals surface area (Å²) in [6.45, 7) is 0. The third-order valence-electron chi connectivity index (χ3n) is 3.88. The van der Waals surface area contributed by atoms with Crippen molar-refractivity contribution in [2.75, 3.05) is 11.1 Å². The van der Waals surface area contributed by atoms with Crippen LogP contribution in [0.2, 0.25) is 0 Å². The number of hydrogen-bond donors (Lipinski definition) is 1.